The summed E-state index contributed by atoms with van der Waals surface area (Å²) in [6.07, 6.45) is 0.536. The first-order valence-electron chi connectivity index (χ1n) is 6.13. The Bertz CT molecular complexity index is 567. The zero-order valence-electron chi connectivity index (χ0n) is 11.3. The number of methoxy groups -OCH3 is 1. The predicted molar refractivity (Wildman–Crippen MR) is 71.5 cm³/mol. The van der Waals surface area contributed by atoms with Crippen LogP contribution in [0.5, 0.6) is 0 Å². The SMILES string of the molecule is COC(=O)[C@@]1([Si])CCN(c2ccc(C(C)=O)c(F)n2)C1. The molecule has 1 saturated heterocycles. The highest BCUT2D eigenvalue weighted by molar-refractivity contribution is 6.27. The van der Waals surface area contributed by atoms with Crippen LogP contribution in [0.2, 0.25) is 5.04 Å². The number of pyridine rings is 1. The van der Waals surface area contributed by atoms with Gasteiger partial charge in [0.05, 0.1) is 17.7 Å². The number of nitrogens with zero attached hydrogens (tertiary/aromatic N) is 2. The number of halogens is 1. The molecule has 1 atom stereocenters. The first kappa shape index (κ1) is 14.6. The van der Waals surface area contributed by atoms with Crippen molar-refractivity contribution in [2.24, 2.45) is 0 Å². The van der Waals surface area contributed by atoms with Gasteiger partial charge in [-0.15, -0.1) is 0 Å². The molecule has 1 aromatic heterocycles. The van der Waals surface area contributed by atoms with E-state index in [2.05, 4.69) is 15.2 Å². The molecule has 0 saturated carbocycles. The molecular formula is C13H14FN2O3Si. The minimum atomic E-state index is -0.799. The van der Waals surface area contributed by atoms with E-state index in [1.807, 2.05) is 0 Å². The van der Waals surface area contributed by atoms with E-state index >= 15 is 0 Å². The third-order valence-corrected chi connectivity index (χ3v) is 3.99. The standard InChI is InChI=1S/C13H14FN2O3Si/c1-8(17)9-3-4-10(15-11(9)14)16-6-5-13(20,7-16)12(18)19-2/h3-4H,5-7H2,1-2H3/t13-/m1/s1. The Labute approximate surface area is 119 Å². The highest BCUT2D eigenvalue weighted by atomic mass is 28.1. The van der Waals surface area contributed by atoms with Gasteiger partial charge in [0.2, 0.25) is 5.95 Å². The molecule has 1 fully saturated rings. The van der Waals surface area contributed by atoms with Crippen LogP contribution in [0.15, 0.2) is 12.1 Å². The largest absolute Gasteiger partial charge is 0.469 e. The molecule has 2 heterocycles. The van der Waals surface area contributed by atoms with Gasteiger partial charge in [0.1, 0.15) is 5.82 Å². The Morgan fingerprint density at radius 2 is 2.20 bits per heavy atom. The predicted octanol–water partition coefficient (Wildman–Crippen LogP) is 1.13. The topological polar surface area (TPSA) is 59.5 Å². The number of rotatable bonds is 3. The fourth-order valence-corrected chi connectivity index (χ4v) is 2.64. The Kier molecular flexibility index (Phi) is 3.89. The number of carbonyl (C=O) groups is 2. The van der Waals surface area contributed by atoms with Crippen molar-refractivity contribution < 1.29 is 18.7 Å². The summed E-state index contributed by atoms with van der Waals surface area (Å²) in [5.41, 5.74) is -0.0365. The first-order chi connectivity index (χ1) is 9.37. The van der Waals surface area contributed by atoms with Gasteiger partial charge in [-0.05, 0) is 25.5 Å². The molecular weight excluding hydrogens is 279 g/mol. The van der Waals surface area contributed by atoms with Gasteiger partial charge in [-0.2, -0.15) is 4.39 Å². The minimum Gasteiger partial charge on any atom is -0.469 e. The summed E-state index contributed by atoms with van der Waals surface area (Å²) in [5.74, 6) is -1.12. The quantitative estimate of drug-likeness (QED) is 0.362. The second-order valence-electron chi connectivity index (χ2n) is 4.81. The fourth-order valence-electron chi connectivity index (χ4n) is 2.23. The summed E-state index contributed by atoms with van der Waals surface area (Å²) in [7, 11) is 4.76. The van der Waals surface area contributed by atoms with Crippen molar-refractivity contribution in [2.45, 2.75) is 18.4 Å². The molecule has 5 nitrogen and oxygen atoms in total. The molecule has 0 N–H and O–H groups in total. The van der Waals surface area contributed by atoms with Crippen LogP contribution < -0.4 is 4.90 Å². The van der Waals surface area contributed by atoms with E-state index in [4.69, 9.17) is 4.74 Å². The third-order valence-electron chi connectivity index (χ3n) is 3.38. The molecule has 1 aromatic rings. The summed E-state index contributed by atoms with van der Waals surface area (Å²) in [6.45, 7) is 2.17. The van der Waals surface area contributed by atoms with Crippen LogP contribution in [0.4, 0.5) is 10.2 Å². The van der Waals surface area contributed by atoms with E-state index in [1.165, 1.54) is 20.1 Å². The highest BCUT2D eigenvalue weighted by Gasteiger charge is 2.41. The van der Waals surface area contributed by atoms with Gasteiger partial charge in [0.25, 0.3) is 0 Å². The zero-order chi connectivity index (χ0) is 14.9. The number of ketones is 1. The highest BCUT2D eigenvalue weighted by Crippen LogP contribution is 2.37. The molecule has 0 amide bonds. The normalized spacial score (nSPS) is 21.9. The number of Topliss-reactive ketones (excluding diaryl/α,β-unsaturated/α-hetero) is 1. The molecule has 105 valence electrons. The average molecular weight is 293 g/mol. The van der Waals surface area contributed by atoms with Gasteiger partial charge in [0, 0.05) is 23.3 Å². The Hall–Kier alpha value is -1.76. The van der Waals surface area contributed by atoms with Crippen LogP contribution in [0.25, 0.3) is 0 Å². The maximum atomic E-state index is 13.7. The summed E-state index contributed by atoms with van der Waals surface area (Å²) >= 11 is 0. The van der Waals surface area contributed by atoms with Crippen molar-refractivity contribution >= 4 is 27.8 Å². The van der Waals surface area contributed by atoms with Crippen molar-refractivity contribution in [2.75, 3.05) is 25.1 Å². The second kappa shape index (κ2) is 5.32. The molecule has 20 heavy (non-hydrogen) atoms. The van der Waals surface area contributed by atoms with E-state index in [9.17, 15) is 14.0 Å². The Balaban J connectivity index is 2.21. The van der Waals surface area contributed by atoms with Gasteiger partial charge in [-0.3, -0.25) is 9.59 Å². The van der Waals surface area contributed by atoms with Crippen molar-refractivity contribution in [1.82, 2.24) is 4.98 Å². The van der Waals surface area contributed by atoms with E-state index in [0.29, 0.717) is 25.3 Å². The fraction of sp³-hybridized carbons (Fsp3) is 0.462. The van der Waals surface area contributed by atoms with Crippen LogP contribution in [-0.4, -0.2) is 47.2 Å². The summed E-state index contributed by atoms with van der Waals surface area (Å²) < 4.78 is 18.5. The summed E-state index contributed by atoms with van der Waals surface area (Å²) in [5, 5.41) is -0.799. The van der Waals surface area contributed by atoms with Crippen molar-refractivity contribution in [3.63, 3.8) is 0 Å². The number of hydrogen-bond acceptors (Lipinski definition) is 5. The van der Waals surface area contributed by atoms with Gasteiger partial charge in [-0.25, -0.2) is 4.98 Å². The van der Waals surface area contributed by atoms with E-state index < -0.39 is 11.0 Å². The zero-order valence-corrected chi connectivity index (χ0v) is 12.3. The van der Waals surface area contributed by atoms with Gasteiger partial charge >= 0.3 is 5.97 Å². The van der Waals surface area contributed by atoms with Gasteiger partial charge in [-0.1, -0.05) is 0 Å². The number of carbonyl (C=O) groups excluding carboxylic acids is 2. The Morgan fingerprint density at radius 3 is 2.75 bits per heavy atom. The number of ether oxygens (including phenoxy) is 1. The molecule has 3 radical (unpaired) electrons. The smallest absolute Gasteiger partial charge is 0.309 e. The lowest BCUT2D eigenvalue weighted by Gasteiger charge is -2.22. The monoisotopic (exact) mass is 293 g/mol. The molecule has 7 heteroatoms. The van der Waals surface area contributed by atoms with Crippen LogP contribution in [0.1, 0.15) is 23.7 Å². The third kappa shape index (κ3) is 2.58. The van der Waals surface area contributed by atoms with E-state index in [0.717, 1.165) is 0 Å². The maximum Gasteiger partial charge on any atom is 0.309 e. The van der Waals surface area contributed by atoms with Crippen molar-refractivity contribution in [3.8, 4) is 0 Å². The second-order valence-corrected chi connectivity index (χ2v) is 5.77. The molecule has 0 spiro atoms. The number of aromatic nitrogens is 1. The van der Waals surface area contributed by atoms with Crippen molar-refractivity contribution in [1.29, 1.82) is 0 Å². The summed E-state index contributed by atoms with van der Waals surface area (Å²) in [4.78, 5) is 28.4. The van der Waals surface area contributed by atoms with Crippen LogP contribution in [-0.2, 0) is 9.53 Å². The maximum absolute atomic E-state index is 13.7. The first-order valence-corrected chi connectivity index (χ1v) is 6.63. The lowest BCUT2D eigenvalue weighted by Crippen LogP contribution is -2.30. The molecule has 0 unspecified atom stereocenters. The van der Waals surface area contributed by atoms with Crippen LogP contribution >= 0.6 is 0 Å². The number of anilines is 1. The molecule has 2 rings (SSSR count). The lowest BCUT2D eigenvalue weighted by atomic mass is 10.1. The molecule has 1 aliphatic heterocycles. The minimum absolute atomic E-state index is 0.0365. The molecule has 1 aliphatic rings. The number of esters is 1. The van der Waals surface area contributed by atoms with Gasteiger partial charge in [0.15, 0.2) is 5.78 Å². The molecule has 0 aromatic carbocycles. The molecule has 0 aliphatic carbocycles. The lowest BCUT2D eigenvalue weighted by molar-refractivity contribution is -0.143. The number of hydrogen-bond donors (Lipinski definition) is 0. The summed E-state index contributed by atoms with van der Waals surface area (Å²) in [6, 6.07) is 2.99. The van der Waals surface area contributed by atoms with Crippen LogP contribution in [0, 0.1) is 5.95 Å². The molecule has 0 bridgehead atoms. The van der Waals surface area contributed by atoms with Gasteiger partial charge < -0.3 is 9.64 Å². The van der Waals surface area contributed by atoms with Crippen LogP contribution in [0.3, 0.4) is 0 Å². The van der Waals surface area contributed by atoms with Crippen molar-refractivity contribution in [3.05, 3.63) is 23.6 Å². The Morgan fingerprint density at radius 1 is 1.50 bits per heavy atom. The van der Waals surface area contributed by atoms with E-state index in [1.54, 1.807) is 11.0 Å². The van der Waals surface area contributed by atoms with E-state index in [-0.39, 0.29) is 17.3 Å². The average Bonchev–Trinajstić information content (AvgIpc) is 2.81.